The largest absolute Gasteiger partial charge is 0.338 e. The summed E-state index contributed by atoms with van der Waals surface area (Å²) in [5.74, 6) is 1.52. The Balaban J connectivity index is 1.22. The second kappa shape index (κ2) is 8.94. The summed E-state index contributed by atoms with van der Waals surface area (Å²) in [7, 11) is 0. The van der Waals surface area contributed by atoms with E-state index in [1.165, 1.54) is 6.42 Å². The number of anilines is 1. The minimum Gasteiger partial charge on any atom is -0.338 e. The molecule has 2 aliphatic heterocycles. The summed E-state index contributed by atoms with van der Waals surface area (Å²) in [5, 5.41) is 11.7. The maximum absolute atomic E-state index is 12.8. The van der Waals surface area contributed by atoms with E-state index in [1.54, 1.807) is 4.90 Å². The van der Waals surface area contributed by atoms with Crippen LogP contribution in [0.25, 0.3) is 11.4 Å². The molecule has 2 amide bonds. The molecule has 32 heavy (non-hydrogen) atoms. The summed E-state index contributed by atoms with van der Waals surface area (Å²) >= 11 is 0. The van der Waals surface area contributed by atoms with Crippen LogP contribution in [0.5, 0.6) is 0 Å². The van der Waals surface area contributed by atoms with E-state index in [0.29, 0.717) is 13.1 Å². The molecule has 164 valence electrons. The third-order valence-corrected chi connectivity index (χ3v) is 6.32. The van der Waals surface area contributed by atoms with Gasteiger partial charge < -0.3 is 14.8 Å². The Bertz CT molecular complexity index is 1110. The fourth-order valence-electron chi connectivity index (χ4n) is 4.55. The van der Waals surface area contributed by atoms with Gasteiger partial charge in [0.1, 0.15) is 5.82 Å². The van der Waals surface area contributed by atoms with Crippen LogP contribution in [-0.2, 0) is 29.1 Å². The van der Waals surface area contributed by atoms with E-state index in [4.69, 9.17) is 0 Å². The Morgan fingerprint density at radius 2 is 1.81 bits per heavy atom. The first kappa shape index (κ1) is 20.4. The van der Waals surface area contributed by atoms with Crippen LogP contribution < -0.4 is 5.32 Å². The van der Waals surface area contributed by atoms with Gasteiger partial charge in [0.05, 0.1) is 5.92 Å². The van der Waals surface area contributed by atoms with Crippen LogP contribution in [0.2, 0.25) is 0 Å². The molecule has 1 N–H and O–H groups in total. The van der Waals surface area contributed by atoms with Gasteiger partial charge in [0, 0.05) is 43.7 Å². The van der Waals surface area contributed by atoms with Crippen molar-refractivity contribution in [3.05, 3.63) is 66.0 Å². The third kappa shape index (κ3) is 4.28. The molecule has 0 radical (unpaired) electrons. The van der Waals surface area contributed by atoms with Crippen LogP contribution in [0.15, 0.2) is 54.6 Å². The standard InChI is InChI=1S/C25H27N5O2/c31-23-15-20(17-29(23)16-18-7-3-1-4-8-18)25(32)26-21-12-10-19(11-13-21)24-28-27-22-9-5-2-6-14-30(22)24/h1,3-4,7-8,10-13,20H,2,5-6,9,14-17H2,(H,26,32)/t20-/m0/s1. The molecule has 7 nitrogen and oxygen atoms in total. The minimum atomic E-state index is -0.335. The monoisotopic (exact) mass is 429 g/mol. The van der Waals surface area contributed by atoms with E-state index in [2.05, 4.69) is 20.1 Å². The van der Waals surface area contributed by atoms with E-state index >= 15 is 0 Å². The number of nitrogens with zero attached hydrogens (tertiary/aromatic N) is 4. The normalized spacial score (nSPS) is 18.3. The van der Waals surface area contributed by atoms with E-state index in [0.717, 1.165) is 54.3 Å². The molecule has 7 heteroatoms. The Labute approximate surface area is 187 Å². The number of likely N-dealkylation sites (tertiary alicyclic amines) is 1. The Morgan fingerprint density at radius 1 is 1.00 bits per heavy atom. The lowest BCUT2D eigenvalue weighted by Crippen LogP contribution is -2.28. The highest BCUT2D eigenvalue weighted by molar-refractivity contribution is 5.97. The second-order valence-electron chi connectivity index (χ2n) is 8.63. The Morgan fingerprint density at radius 3 is 2.62 bits per heavy atom. The van der Waals surface area contributed by atoms with Crippen molar-refractivity contribution in [3.63, 3.8) is 0 Å². The molecule has 0 bridgehead atoms. The number of carbonyl (C=O) groups excluding carboxylic acids is 2. The SMILES string of the molecule is O=C(Nc1ccc(-c2nnc3n2CCCCC3)cc1)[C@H]1CC(=O)N(Cc2ccccc2)C1. The number of rotatable bonds is 5. The van der Waals surface area contributed by atoms with Crippen LogP contribution in [0.1, 0.15) is 37.1 Å². The number of aromatic nitrogens is 3. The quantitative estimate of drug-likeness (QED) is 0.671. The van der Waals surface area contributed by atoms with Crippen LogP contribution in [0.4, 0.5) is 5.69 Å². The van der Waals surface area contributed by atoms with Crippen LogP contribution in [0, 0.1) is 5.92 Å². The lowest BCUT2D eigenvalue weighted by Gasteiger charge is -2.16. The third-order valence-electron chi connectivity index (χ3n) is 6.32. The molecule has 3 aromatic rings. The Hall–Kier alpha value is -3.48. The van der Waals surface area contributed by atoms with Gasteiger partial charge >= 0.3 is 0 Å². The van der Waals surface area contributed by atoms with Gasteiger partial charge in [-0.25, -0.2) is 0 Å². The molecule has 1 atom stereocenters. The van der Waals surface area contributed by atoms with E-state index in [-0.39, 0.29) is 24.2 Å². The molecule has 2 aliphatic rings. The topological polar surface area (TPSA) is 80.1 Å². The van der Waals surface area contributed by atoms with Crippen molar-refractivity contribution in [2.24, 2.45) is 5.92 Å². The van der Waals surface area contributed by atoms with Crippen molar-refractivity contribution in [1.82, 2.24) is 19.7 Å². The number of fused-ring (bicyclic) bond motifs is 1. The van der Waals surface area contributed by atoms with E-state index < -0.39 is 0 Å². The van der Waals surface area contributed by atoms with Crippen molar-refractivity contribution in [1.29, 1.82) is 0 Å². The fraction of sp³-hybridized carbons (Fsp3) is 0.360. The number of hydrogen-bond donors (Lipinski definition) is 1. The number of nitrogens with one attached hydrogen (secondary N) is 1. The second-order valence-corrected chi connectivity index (χ2v) is 8.63. The summed E-state index contributed by atoms with van der Waals surface area (Å²) in [6.07, 6.45) is 4.76. The number of aryl methyl sites for hydroxylation is 1. The van der Waals surface area contributed by atoms with Crippen molar-refractivity contribution in [3.8, 4) is 11.4 Å². The average molecular weight is 430 g/mol. The zero-order chi connectivity index (χ0) is 21.9. The first-order valence-corrected chi connectivity index (χ1v) is 11.3. The van der Waals surface area contributed by atoms with Crippen LogP contribution in [0.3, 0.4) is 0 Å². The van der Waals surface area contributed by atoms with Gasteiger partial charge in [0.2, 0.25) is 11.8 Å². The predicted octanol–water partition coefficient (Wildman–Crippen LogP) is 3.66. The average Bonchev–Trinajstić information content (AvgIpc) is 3.30. The van der Waals surface area contributed by atoms with Gasteiger partial charge in [-0.3, -0.25) is 9.59 Å². The molecular formula is C25H27N5O2. The summed E-state index contributed by atoms with van der Waals surface area (Å²) < 4.78 is 2.21. The molecule has 2 aromatic carbocycles. The lowest BCUT2D eigenvalue weighted by molar-refractivity contribution is -0.128. The van der Waals surface area contributed by atoms with E-state index in [1.807, 2.05) is 54.6 Å². The molecule has 1 aromatic heterocycles. The van der Waals surface area contributed by atoms with Crippen LogP contribution >= 0.6 is 0 Å². The highest BCUT2D eigenvalue weighted by Gasteiger charge is 2.34. The van der Waals surface area contributed by atoms with Gasteiger partial charge in [-0.15, -0.1) is 10.2 Å². The number of amides is 2. The molecule has 0 saturated carbocycles. The summed E-state index contributed by atoms with van der Waals surface area (Å²) in [6, 6.07) is 17.6. The smallest absolute Gasteiger partial charge is 0.229 e. The fourth-order valence-corrected chi connectivity index (χ4v) is 4.55. The molecule has 0 unspecified atom stereocenters. The highest BCUT2D eigenvalue weighted by atomic mass is 16.2. The molecule has 5 rings (SSSR count). The molecule has 1 fully saturated rings. The first-order valence-electron chi connectivity index (χ1n) is 11.3. The molecule has 0 spiro atoms. The summed E-state index contributed by atoms with van der Waals surface area (Å²) in [5.41, 5.74) is 2.79. The Kier molecular flexibility index (Phi) is 5.71. The van der Waals surface area contributed by atoms with Gasteiger partial charge in [-0.05, 0) is 42.7 Å². The van der Waals surface area contributed by atoms with Crippen molar-refractivity contribution in [2.75, 3.05) is 11.9 Å². The predicted molar refractivity (Wildman–Crippen MR) is 122 cm³/mol. The summed E-state index contributed by atoms with van der Waals surface area (Å²) in [6.45, 7) is 1.94. The maximum atomic E-state index is 12.8. The first-order chi connectivity index (χ1) is 15.7. The van der Waals surface area contributed by atoms with Crippen molar-refractivity contribution < 1.29 is 9.59 Å². The van der Waals surface area contributed by atoms with Gasteiger partial charge in [-0.2, -0.15) is 0 Å². The van der Waals surface area contributed by atoms with E-state index in [9.17, 15) is 9.59 Å². The minimum absolute atomic E-state index is 0.0249. The molecule has 1 saturated heterocycles. The van der Waals surface area contributed by atoms with Gasteiger partial charge in [-0.1, -0.05) is 36.8 Å². The number of carbonyl (C=O) groups is 2. The molecule has 0 aliphatic carbocycles. The molecular weight excluding hydrogens is 402 g/mol. The van der Waals surface area contributed by atoms with Crippen molar-refractivity contribution in [2.45, 2.75) is 45.2 Å². The molecule has 3 heterocycles. The zero-order valence-electron chi connectivity index (χ0n) is 18.0. The van der Waals surface area contributed by atoms with Crippen LogP contribution in [-0.4, -0.2) is 38.0 Å². The highest BCUT2D eigenvalue weighted by Crippen LogP contribution is 2.25. The lowest BCUT2D eigenvalue weighted by atomic mass is 10.1. The van der Waals surface area contributed by atoms with Crippen molar-refractivity contribution >= 4 is 17.5 Å². The number of benzene rings is 2. The van der Waals surface area contributed by atoms with Gasteiger partial charge in [0.15, 0.2) is 5.82 Å². The summed E-state index contributed by atoms with van der Waals surface area (Å²) in [4.78, 5) is 26.9. The van der Waals surface area contributed by atoms with Gasteiger partial charge in [0.25, 0.3) is 0 Å². The zero-order valence-corrected chi connectivity index (χ0v) is 18.0. The maximum Gasteiger partial charge on any atom is 0.229 e. The number of hydrogen-bond acceptors (Lipinski definition) is 4.